The average molecular weight is 487 g/mol. The lowest BCUT2D eigenvalue weighted by Gasteiger charge is -2.40. The number of hydrogen-bond donors (Lipinski definition) is 4. The number of hydrogen-bond acceptors (Lipinski definition) is 6. The molecule has 8 unspecified atom stereocenters. The number of nitrogens with zero attached hydrogens (tertiary/aromatic N) is 2. The molecule has 7 nitrogen and oxygen atoms in total. The number of halogens is 3. The molecule has 0 aromatic rings. The molecule has 194 valence electrons. The van der Waals surface area contributed by atoms with Crippen LogP contribution in [0, 0.1) is 35.5 Å². The summed E-state index contributed by atoms with van der Waals surface area (Å²) < 4.78 is 42.4. The molecule has 0 aromatic heterocycles. The molecular weight excluding hydrogens is 445 g/mol. The van der Waals surface area contributed by atoms with E-state index < -0.39 is 23.9 Å². The molecule has 5 aliphatic rings. The van der Waals surface area contributed by atoms with Gasteiger partial charge in [0, 0.05) is 31.1 Å². The van der Waals surface area contributed by atoms with Crippen molar-refractivity contribution in [2.24, 2.45) is 35.5 Å². The fraction of sp³-hybridized carbons (Fsp3) is 0.958. The van der Waals surface area contributed by atoms with Crippen molar-refractivity contribution >= 4 is 5.91 Å². The van der Waals surface area contributed by atoms with Crippen molar-refractivity contribution in [1.82, 2.24) is 31.5 Å². The Hall–Kier alpha value is -0.940. The number of rotatable bonds is 5. The van der Waals surface area contributed by atoms with Crippen LogP contribution >= 0.6 is 0 Å². The highest BCUT2D eigenvalue weighted by molar-refractivity contribution is 5.82. The SMILES string of the molecule is C[C@H](CC1NNCN1C)C1CCCC(N2CC3C(CC(C4CCNN4)CC3C(F)(F)F)C2=O)C1. The minimum absolute atomic E-state index is 0.00500. The molecule has 0 bridgehead atoms. The Labute approximate surface area is 200 Å². The number of likely N-dealkylation sites (tertiary alicyclic amines) is 1. The second-order valence-electron chi connectivity index (χ2n) is 11.7. The van der Waals surface area contributed by atoms with Gasteiger partial charge in [0.25, 0.3) is 0 Å². The van der Waals surface area contributed by atoms with Gasteiger partial charge in [-0.2, -0.15) is 13.2 Å². The number of carbonyl (C=O) groups excluding carboxylic acids is 1. The fourth-order valence-corrected chi connectivity index (χ4v) is 7.63. The van der Waals surface area contributed by atoms with E-state index in [-0.39, 0.29) is 30.3 Å². The van der Waals surface area contributed by atoms with Crippen LogP contribution < -0.4 is 21.7 Å². The Morgan fingerprint density at radius 2 is 1.91 bits per heavy atom. The van der Waals surface area contributed by atoms with E-state index >= 15 is 0 Å². The van der Waals surface area contributed by atoms with E-state index in [1.54, 1.807) is 0 Å². The standard InChI is InChI=1S/C24H41F3N6O/c1-14(8-22-31-29-13-32(22)2)15-4-3-5-17(9-15)33-12-19-18(23(33)34)10-16(21-6-7-28-30-21)11-20(19)24(25,26)27/h14-22,28-31H,3-13H2,1-2H3/t14-,15?,16?,17?,18?,19?,20?,21?,22?/m1/s1. The maximum absolute atomic E-state index is 14.1. The smallest absolute Gasteiger partial charge is 0.339 e. The van der Waals surface area contributed by atoms with Crippen molar-refractivity contribution in [3.8, 4) is 0 Å². The molecule has 34 heavy (non-hydrogen) atoms. The molecule has 1 amide bonds. The lowest BCUT2D eigenvalue weighted by atomic mass is 9.66. The molecule has 4 N–H and O–H groups in total. The van der Waals surface area contributed by atoms with Crippen LogP contribution in [0.15, 0.2) is 0 Å². The molecule has 0 radical (unpaired) electrons. The zero-order valence-electron chi connectivity index (χ0n) is 20.4. The van der Waals surface area contributed by atoms with E-state index in [0.717, 1.165) is 51.7 Å². The zero-order chi connectivity index (χ0) is 24.0. The molecule has 10 heteroatoms. The fourth-order valence-electron chi connectivity index (χ4n) is 7.63. The Bertz CT molecular complexity index is 732. The van der Waals surface area contributed by atoms with E-state index in [4.69, 9.17) is 0 Å². The summed E-state index contributed by atoms with van der Waals surface area (Å²) in [6, 6.07) is 0.120. The number of fused-ring (bicyclic) bond motifs is 1. The van der Waals surface area contributed by atoms with Crippen molar-refractivity contribution in [3.05, 3.63) is 0 Å². The van der Waals surface area contributed by atoms with Gasteiger partial charge in [0.15, 0.2) is 0 Å². The molecule has 5 fully saturated rings. The lowest BCUT2D eigenvalue weighted by molar-refractivity contribution is -0.204. The van der Waals surface area contributed by atoms with Gasteiger partial charge in [0.05, 0.1) is 18.8 Å². The summed E-state index contributed by atoms with van der Waals surface area (Å²) in [7, 11) is 2.10. The highest BCUT2D eigenvalue weighted by atomic mass is 19.4. The second kappa shape index (κ2) is 9.84. The van der Waals surface area contributed by atoms with Gasteiger partial charge in [0.1, 0.15) is 0 Å². The molecule has 5 rings (SSSR count). The summed E-state index contributed by atoms with van der Waals surface area (Å²) in [4.78, 5) is 17.7. The Balaban J connectivity index is 1.26. The third-order valence-corrected chi connectivity index (χ3v) is 9.67. The minimum Gasteiger partial charge on any atom is -0.339 e. The summed E-state index contributed by atoms with van der Waals surface area (Å²) in [6.45, 7) is 4.18. The van der Waals surface area contributed by atoms with Gasteiger partial charge in [0.2, 0.25) is 5.91 Å². The first-order chi connectivity index (χ1) is 16.2. The molecule has 3 saturated heterocycles. The van der Waals surface area contributed by atoms with Crippen molar-refractivity contribution < 1.29 is 18.0 Å². The third kappa shape index (κ3) is 4.85. The normalized spacial score (nSPS) is 42.9. The summed E-state index contributed by atoms with van der Waals surface area (Å²) in [5, 5.41) is 0. The highest BCUT2D eigenvalue weighted by Gasteiger charge is 2.58. The summed E-state index contributed by atoms with van der Waals surface area (Å²) >= 11 is 0. The second-order valence-corrected chi connectivity index (χ2v) is 11.7. The van der Waals surface area contributed by atoms with E-state index in [9.17, 15) is 18.0 Å². The Morgan fingerprint density at radius 3 is 2.59 bits per heavy atom. The van der Waals surface area contributed by atoms with Gasteiger partial charge in [-0.15, -0.1) is 0 Å². The largest absolute Gasteiger partial charge is 0.392 e. The van der Waals surface area contributed by atoms with Crippen LogP contribution in [0.3, 0.4) is 0 Å². The number of alkyl halides is 3. The number of carbonyl (C=O) groups is 1. The van der Waals surface area contributed by atoms with E-state index in [1.165, 1.54) is 0 Å². The van der Waals surface area contributed by atoms with Crippen LogP contribution in [-0.2, 0) is 4.79 Å². The molecule has 9 atom stereocenters. The zero-order valence-corrected chi connectivity index (χ0v) is 20.4. The average Bonchev–Trinajstić information content (AvgIpc) is 3.54. The summed E-state index contributed by atoms with van der Waals surface area (Å²) in [5.74, 6) is -1.54. The molecule has 2 saturated carbocycles. The van der Waals surface area contributed by atoms with Crippen molar-refractivity contribution in [2.45, 2.75) is 82.7 Å². The molecule has 3 aliphatic heterocycles. The van der Waals surface area contributed by atoms with Crippen LogP contribution in [0.5, 0.6) is 0 Å². The van der Waals surface area contributed by atoms with E-state index in [1.807, 2.05) is 4.90 Å². The van der Waals surface area contributed by atoms with Crippen molar-refractivity contribution in [2.75, 3.05) is 26.8 Å². The summed E-state index contributed by atoms with van der Waals surface area (Å²) in [6.07, 6.45) is 2.68. The van der Waals surface area contributed by atoms with Gasteiger partial charge >= 0.3 is 6.18 Å². The van der Waals surface area contributed by atoms with Crippen LogP contribution in [0.4, 0.5) is 13.2 Å². The van der Waals surface area contributed by atoms with Crippen LogP contribution in [0.1, 0.15) is 58.3 Å². The maximum atomic E-state index is 14.1. The van der Waals surface area contributed by atoms with Crippen LogP contribution in [0.2, 0.25) is 0 Å². The number of nitrogens with one attached hydrogen (secondary N) is 4. The Morgan fingerprint density at radius 1 is 1.09 bits per heavy atom. The topological polar surface area (TPSA) is 71.7 Å². The predicted octanol–water partition coefficient (Wildman–Crippen LogP) is 2.42. The molecule has 0 aromatic carbocycles. The number of hydrazine groups is 2. The van der Waals surface area contributed by atoms with Gasteiger partial charge < -0.3 is 4.90 Å². The molecule has 0 spiro atoms. The highest BCUT2D eigenvalue weighted by Crippen LogP contribution is 2.52. The first kappa shape index (κ1) is 24.7. The van der Waals surface area contributed by atoms with Gasteiger partial charge in [-0.3, -0.25) is 20.5 Å². The molecular formula is C24H41F3N6O. The monoisotopic (exact) mass is 486 g/mol. The van der Waals surface area contributed by atoms with Gasteiger partial charge in [-0.05, 0) is 69.2 Å². The number of amides is 1. The van der Waals surface area contributed by atoms with Crippen LogP contribution in [-0.4, -0.2) is 66.9 Å². The third-order valence-electron chi connectivity index (χ3n) is 9.67. The predicted molar refractivity (Wildman–Crippen MR) is 123 cm³/mol. The van der Waals surface area contributed by atoms with Crippen molar-refractivity contribution in [1.29, 1.82) is 0 Å². The Kier molecular flexibility index (Phi) is 7.16. The van der Waals surface area contributed by atoms with E-state index in [2.05, 4.69) is 40.6 Å². The molecule has 2 aliphatic carbocycles. The van der Waals surface area contributed by atoms with Crippen LogP contribution in [0.25, 0.3) is 0 Å². The molecule has 3 heterocycles. The quantitative estimate of drug-likeness (QED) is 0.479. The first-order valence-corrected chi connectivity index (χ1v) is 13.3. The first-order valence-electron chi connectivity index (χ1n) is 13.3. The van der Waals surface area contributed by atoms with E-state index in [0.29, 0.717) is 31.0 Å². The summed E-state index contributed by atoms with van der Waals surface area (Å²) in [5.41, 5.74) is 12.7. The lowest BCUT2D eigenvalue weighted by Crippen LogP contribution is -2.46. The van der Waals surface area contributed by atoms with Gasteiger partial charge in [-0.25, -0.2) is 10.9 Å². The van der Waals surface area contributed by atoms with Gasteiger partial charge in [-0.1, -0.05) is 19.8 Å². The minimum atomic E-state index is -4.25. The maximum Gasteiger partial charge on any atom is 0.392 e. The van der Waals surface area contributed by atoms with Crippen molar-refractivity contribution in [3.63, 3.8) is 0 Å².